The molecule has 1 aromatic heterocycles. The van der Waals surface area contributed by atoms with Crippen LogP contribution in [-0.2, 0) is 19.5 Å². The van der Waals surface area contributed by atoms with E-state index in [9.17, 15) is 9.59 Å². The number of likely N-dealkylation sites (tertiary alicyclic amines) is 1. The minimum atomic E-state index is -0.472. The Bertz CT molecular complexity index is 983. The molecule has 3 heterocycles. The fourth-order valence-corrected chi connectivity index (χ4v) is 6.07. The normalized spacial score (nSPS) is 16.5. The van der Waals surface area contributed by atoms with E-state index < -0.39 is 5.91 Å². The standard InChI is InChI=1S/C25H35N5O2S/c1-18-8-2-3-9-19(18)16-30-15-10-20-21(17-30)33-24(22(20)23(26)31)28-25(32)27-11-4-5-12-29-13-6-7-14-29/h2-3,8-9H,4-7,10-17H2,1H3,(H2,26,31)(H2,27,28,32). The van der Waals surface area contributed by atoms with Gasteiger partial charge in [0, 0.05) is 31.1 Å². The molecule has 0 spiro atoms. The molecule has 8 heteroatoms. The van der Waals surface area contributed by atoms with Crippen molar-refractivity contribution in [1.29, 1.82) is 0 Å². The van der Waals surface area contributed by atoms with Crippen LogP contribution in [0.5, 0.6) is 0 Å². The molecule has 33 heavy (non-hydrogen) atoms. The first-order valence-electron chi connectivity index (χ1n) is 12.0. The summed E-state index contributed by atoms with van der Waals surface area (Å²) in [6, 6.07) is 8.16. The van der Waals surface area contributed by atoms with E-state index in [1.54, 1.807) is 0 Å². The number of aryl methyl sites for hydroxylation is 1. The summed E-state index contributed by atoms with van der Waals surface area (Å²) in [7, 11) is 0. The second-order valence-electron chi connectivity index (χ2n) is 9.10. The van der Waals surface area contributed by atoms with E-state index in [4.69, 9.17) is 5.73 Å². The molecule has 0 bridgehead atoms. The SMILES string of the molecule is Cc1ccccc1CN1CCc2c(sc(NC(=O)NCCCCN3CCCC3)c2C(N)=O)C1. The number of carbonyl (C=O) groups excluding carboxylic acids is 2. The van der Waals surface area contributed by atoms with Gasteiger partial charge in [0.2, 0.25) is 0 Å². The first kappa shape index (κ1) is 23.7. The smallest absolute Gasteiger partial charge is 0.319 e. The number of nitrogens with zero attached hydrogens (tertiary/aromatic N) is 2. The largest absolute Gasteiger partial charge is 0.365 e. The average molecular weight is 470 g/mol. The van der Waals surface area contributed by atoms with Crippen LogP contribution in [0.4, 0.5) is 9.80 Å². The summed E-state index contributed by atoms with van der Waals surface area (Å²) in [5, 5.41) is 6.39. The number of primary amides is 1. The van der Waals surface area contributed by atoms with Crippen molar-refractivity contribution < 1.29 is 9.59 Å². The lowest BCUT2D eigenvalue weighted by Crippen LogP contribution is -2.31. The molecule has 0 atom stereocenters. The number of hydrogen-bond acceptors (Lipinski definition) is 5. The molecule has 0 saturated carbocycles. The Morgan fingerprint density at radius 3 is 2.64 bits per heavy atom. The molecule has 2 aromatic rings. The number of anilines is 1. The molecule has 1 aromatic carbocycles. The summed E-state index contributed by atoms with van der Waals surface area (Å²) in [5.74, 6) is -0.472. The van der Waals surface area contributed by atoms with Gasteiger partial charge >= 0.3 is 6.03 Å². The van der Waals surface area contributed by atoms with Gasteiger partial charge in [-0.05, 0) is 75.4 Å². The maximum Gasteiger partial charge on any atom is 0.319 e. The number of hydrogen-bond donors (Lipinski definition) is 3. The number of carbonyl (C=O) groups is 2. The minimum Gasteiger partial charge on any atom is -0.365 e. The zero-order chi connectivity index (χ0) is 23.2. The number of rotatable bonds is 9. The molecule has 0 aliphatic carbocycles. The van der Waals surface area contributed by atoms with Crippen LogP contribution in [0.1, 0.15) is 57.6 Å². The Morgan fingerprint density at radius 1 is 1.09 bits per heavy atom. The average Bonchev–Trinajstić information content (AvgIpc) is 3.42. The summed E-state index contributed by atoms with van der Waals surface area (Å²) < 4.78 is 0. The molecule has 2 aliphatic rings. The van der Waals surface area contributed by atoms with Crippen LogP contribution in [0.3, 0.4) is 0 Å². The first-order valence-corrected chi connectivity index (χ1v) is 12.8. The summed E-state index contributed by atoms with van der Waals surface area (Å²) in [5.41, 5.74) is 9.79. The lowest BCUT2D eigenvalue weighted by Gasteiger charge is -2.27. The van der Waals surface area contributed by atoms with E-state index in [1.807, 2.05) is 0 Å². The molecule has 1 fully saturated rings. The number of nitrogens with two attached hydrogens (primary N) is 1. The number of nitrogens with one attached hydrogen (secondary N) is 2. The van der Waals surface area contributed by atoms with Gasteiger partial charge in [-0.3, -0.25) is 15.0 Å². The van der Waals surface area contributed by atoms with Crippen molar-refractivity contribution in [3.05, 3.63) is 51.4 Å². The second kappa shape index (κ2) is 11.1. The maximum atomic E-state index is 12.5. The highest BCUT2D eigenvalue weighted by molar-refractivity contribution is 7.17. The third-order valence-electron chi connectivity index (χ3n) is 6.65. The Kier molecular flexibility index (Phi) is 8.01. The van der Waals surface area contributed by atoms with Gasteiger partial charge in [0.25, 0.3) is 5.91 Å². The molecule has 4 rings (SSSR count). The van der Waals surface area contributed by atoms with E-state index in [-0.39, 0.29) is 6.03 Å². The van der Waals surface area contributed by atoms with Crippen molar-refractivity contribution in [3.63, 3.8) is 0 Å². The summed E-state index contributed by atoms with van der Waals surface area (Å²) in [6.07, 6.45) is 5.39. The van der Waals surface area contributed by atoms with Crippen LogP contribution < -0.4 is 16.4 Å². The zero-order valence-electron chi connectivity index (χ0n) is 19.5. The second-order valence-corrected chi connectivity index (χ2v) is 10.2. The number of benzene rings is 1. The molecule has 0 unspecified atom stereocenters. The highest BCUT2D eigenvalue weighted by Crippen LogP contribution is 2.37. The molecule has 4 N–H and O–H groups in total. The fourth-order valence-electron chi connectivity index (χ4n) is 4.78. The Morgan fingerprint density at radius 2 is 1.88 bits per heavy atom. The third-order valence-corrected chi connectivity index (χ3v) is 7.78. The topological polar surface area (TPSA) is 90.7 Å². The van der Waals surface area contributed by atoms with Crippen molar-refractivity contribution in [2.24, 2.45) is 5.73 Å². The van der Waals surface area contributed by atoms with Crippen LogP contribution in [0.2, 0.25) is 0 Å². The first-order chi connectivity index (χ1) is 16.0. The van der Waals surface area contributed by atoms with E-state index in [1.165, 1.54) is 48.4 Å². The summed E-state index contributed by atoms with van der Waals surface area (Å²) >= 11 is 1.48. The van der Waals surface area contributed by atoms with Crippen molar-refractivity contribution in [2.45, 2.75) is 52.1 Å². The molecule has 3 amide bonds. The molecule has 7 nitrogen and oxygen atoms in total. The maximum absolute atomic E-state index is 12.5. The van der Waals surface area contributed by atoms with Crippen LogP contribution in [0.25, 0.3) is 0 Å². The quantitative estimate of drug-likeness (QED) is 0.488. The van der Waals surface area contributed by atoms with Gasteiger partial charge in [-0.25, -0.2) is 4.79 Å². The van der Waals surface area contributed by atoms with Crippen LogP contribution in [0.15, 0.2) is 24.3 Å². The van der Waals surface area contributed by atoms with E-state index in [2.05, 4.69) is 51.6 Å². The summed E-state index contributed by atoms with van der Waals surface area (Å²) in [4.78, 5) is 30.7. The van der Waals surface area contributed by atoms with Gasteiger partial charge in [-0.15, -0.1) is 11.3 Å². The lowest BCUT2D eigenvalue weighted by molar-refractivity contribution is 0.0999. The van der Waals surface area contributed by atoms with E-state index in [0.29, 0.717) is 17.1 Å². The van der Waals surface area contributed by atoms with Gasteiger partial charge in [0.15, 0.2) is 0 Å². The Hall–Kier alpha value is -2.42. The highest BCUT2D eigenvalue weighted by Gasteiger charge is 2.28. The van der Waals surface area contributed by atoms with Crippen LogP contribution in [0, 0.1) is 6.92 Å². The number of unbranched alkanes of at least 4 members (excludes halogenated alkanes) is 1. The Balaban J connectivity index is 1.32. The number of urea groups is 1. The fraction of sp³-hybridized carbons (Fsp3) is 0.520. The predicted octanol–water partition coefficient (Wildman–Crippen LogP) is 3.71. The van der Waals surface area contributed by atoms with Gasteiger partial charge < -0.3 is 16.0 Å². The lowest BCUT2D eigenvalue weighted by atomic mass is 10.0. The van der Waals surface area contributed by atoms with Crippen molar-refractivity contribution >= 4 is 28.3 Å². The molecule has 178 valence electrons. The van der Waals surface area contributed by atoms with E-state index >= 15 is 0 Å². The predicted molar refractivity (Wildman–Crippen MR) is 134 cm³/mol. The third kappa shape index (κ3) is 6.13. The molecule has 2 aliphatic heterocycles. The van der Waals surface area contributed by atoms with Gasteiger partial charge in [0.1, 0.15) is 5.00 Å². The van der Waals surface area contributed by atoms with Gasteiger partial charge in [0.05, 0.1) is 5.56 Å². The highest BCUT2D eigenvalue weighted by atomic mass is 32.1. The van der Waals surface area contributed by atoms with Crippen molar-refractivity contribution in [1.82, 2.24) is 15.1 Å². The number of amides is 3. The summed E-state index contributed by atoms with van der Waals surface area (Å²) in [6.45, 7) is 8.76. The van der Waals surface area contributed by atoms with Gasteiger partial charge in [-0.1, -0.05) is 24.3 Å². The Labute approximate surface area is 200 Å². The molecular formula is C25H35N5O2S. The molecule has 0 radical (unpaired) electrons. The minimum absolute atomic E-state index is 0.269. The van der Waals surface area contributed by atoms with Crippen LogP contribution in [-0.4, -0.2) is 54.5 Å². The van der Waals surface area contributed by atoms with Crippen molar-refractivity contribution in [3.8, 4) is 0 Å². The van der Waals surface area contributed by atoms with Crippen LogP contribution >= 0.6 is 11.3 Å². The monoisotopic (exact) mass is 469 g/mol. The zero-order valence-corrected chi connectivity index (χ0v) is 20.3. The molecule has 1 saturated heterocycles. The number of thiophene rings is 1. The van der Waals surface area contributed by atoms with E-state index in [0.717, 1.165) is 55.9 Å². The van der Waals surface area contributed by atoms with Crippen molar-refractivity contribution in [2.75, 3.05) is 38.0 Å². The van der Waals surface area contributed by atoms with Gasteiger partial charge in [-0.2, -0.15) is 0 Å². The molecular weight excluding hydrogens is 434 g/mol. The number of fused-ring (bicyclic) bond motifs is 1.